The second kappa shape index (κ2) is 2.57. The Balaban J connectivity index is 2.42. The number of alkyl halides is 1. The smallest absolute Gasteiger partial charge is 0.109 e. The zero-order chi connectivity index (χ0) is 5.98. The number of hydrogen-bond donors (Lipinski definition) is 2. The third-order valence-corrected chi connectivity index (χ3v) is 1.49. The average molecular weight is 178 g/mol. The van der Waals surface area contributed by atoms with E-state index in [1.165, 1.54) is 0 Å². The largest absolute Gasteiger partial charge is 0.309 e. The van der Waals surface area contributed by atoms with E-state index in [-0.39, 0.29) is 11.1 Å². The van der Waals surface area contributed by atoms with Crippen molar-refractivity contribution < 1.29 is 0 Å². The van der Waals surface area contributed by atoms with Gasteiger partial charge in [-0.1, -0.05) is 15.9 Å². The molecular weight excluding hydrogens is 170 g/mol. The lowest BCUT2D eigenvalue weighted by Crippen LogP contribution is -2.41. The third kappa shape index (κ3) is 1.54. The lowest BCUT2D eigenvalue weighted by atomic mass is 10.4. The summed E-state index contributed by atoms with van der Waals surface area (Å²) < 4.78 is 0. The van der Waals surface area contributed by atoms with Crippen LogP contribution in [0.1, 0.15) is 0 Å². The molecule has 3 nitrogen and oxygen atoms in total. The Bertz CT molecular complexity index is 91.5. The van der Waals surface area contributed by atoms with Crippen molar-refractivity contribution in [2.75, 3.05) is 6.54 Å². The zero-order valence-electron chi connectivity index (χ0n) is 4.34. The molecule has 0 aromatic heterocycles. The van der Waals surface area contributed by atoms with Crippen molar-refractivity contribution in [1.82, 2.24) is 5.32 Å². The first-order valence-electron chi connectivity index (χ1n) is 2.45. The highest BCUT2D eigenvalue weighted by atomic mass is 79.9. The minimum Gasteiger partial charge on any atom is -0.309 e. The van der Waals surface area contributed by atoms with E-state index in [4.69, 9.17) is 5.73 Å². The van der Waals surface area contributed by atoms with E-state index in [1.807, 2.05) is 0 Å². The van der Waals surface area contributed by atoms with Gasteiger partial charge < -0.3 is 5.73 Å². The van der Waals surface area contributed by atoms with Crippen LogP contribution in [0.2, 0.25) is 0 Å². The van der Waals surface area contributed by atoms with Crippen LogP contribution < -0.4 is 11.1 Å². The Morgan fingerprint density at radius 1 is 1.88 bits per heavy atom. The summed E-state index contributed by atoms with van der Waals surface area (Å²) in [6, 6.07) is 0. The fourth-order valence-corrected chi connectivity index (χ4v) is 0.848. The monoisotopic (exact) mass is 177 g/mol. The molecule has 0 aromatic rings. The van der Waals surface area contributed by atoms with Gasteiger partial charge in [-0.05, 0) is 0 Å². The highest BCUT2D eigenvalue weighted by Crippen LogP contribution is 1.96. The molecule has 0 saturated heterocycles. The van der Waals surface area contributed by atoms with Gasteiger partial charge in [0.2, 0.25) is 0 Å². The van der Waals surface area contributed by atoms with Crippen LogP contribution in [0.4, 0.5) is 0 Å². The highest BCUT2D eigenvalue weighted by molar-refractivity contribution is 9.09. The number of nitrogens with two attached hydrogens (primary N) is 1. The summed E-state index contributed by atoms with van der Waals surface area (Å²) in [5.41, 5.74) is 5.42. The summed E-state index contributed by atoms with van der Waals surface area (Å²) in [6.07, 6.45) is 1.71. The Morgan fingerprint density at radius 3 is 3.00 bits per heavy atom. The van der Waals surface area contributed by atoms with E-state index in [1.54, 1.807) is 6.21 Å². The van der Waals surface area contributed by atoms with E-state index in [9.17, 15) is 0 Å². The van der Waals surface area contributed by atoms with Crippen LogP contribution in [0.15, 0.2) is 4.99 Å². The third-order valence-electron chi connectivity index (χ3n) is 0.930. The van der Waals surface area contributed by atoms with E-state index < -0.39 is 0 Å². The normalized spacial score (nSPS) is 37.8. The topological polar surface area (TPSA) is 50.4 Å². The van der Waals surface area contributed by atoms with Gasteiger partial charge in [0.1, 0.15) is 6.17 Å². The van der Waals surface area contributed by atoms with Crippen LogP contribution in [0.3, 0.4) is 0 Å². The van der Waals surface area contributed by atoms with Crippen molar-refractivity contribution in [2.24, 2.45) is 10.7 Å². The zero-order valence-corrected chi connectivity index (χ0v) is 5.93. The first-order chi connectivity index (χ1) is 3.79. The molecule has 4 heteroatoms. The molecule has 0 amide bonds. The van der Waals surface area contributed by atoms with Crippen LogP contribution in [-0.4, -0.2) is 23.9 Å². The van der Waals surface area contributed by atoms with Crippen LogP contribution in [0, 0.1) is 0 Å². The van der Waals surface area contributed by atoms with Gasteiger partial charge in [-0.25, -0.2) is 0 Å². The first kappa shape index (κ1) is 6.19. The molecule has 0 fully saturated rings. The van der Waals surface area contributed by atoms with Crippen molar-refractivity contribution >= 4 is 22.1 Å². The summed E-state index contributed by atoms with van der Waals surface area (Å²) >= 11 is 3.30. The fraction of sp³-hybridized carbons (Fsp3) is 0.750. The lowest BCUT2D eigenvalue weighted by Gasteiger charge is -2.15. The minimum absolute atomic E-state index is 0.0520. The summed E-state index contributed by atoms with van der Waals surface area (Å²) in [5, 5.41) is 3.07. The Morgan fingerprint density at radius 2 is 2.62 bits per heavy atom. The first-order valence-corrected chi connectivity index (χ1v) is 3.37. The van der Waals surface area contributed by atoms with Crippen LogP contribution in [0.25, 0.3) is 0 Å². The number of hydrogen-bond acceptors (Lipinski definition) is 3. The SMILES string of the molecule is NC1CNC(Br)C=N1. The molecular formula is C4H8BrN3. The predicted octanol–water partition coefficient (Wildman–Crippen LogP) is -0.334. The van der Waals surface area contributed by atoms with Crippen molar-refractivity contribution in [3.05, 3.63) is 0 Å². The Labute approximate surface area is 56.5 Å². The molecule has 46 valence electrons. The molecule has 0 bridgehead atoms. The standard InChI is InChI=1S/C4H8BrN3/c5-3-1-8-4(6)2-7-3/h1,3-4,7H,2,6H2. The highest BCUT2D eigenvalue weighted by Gasteiger charge is 2.07. The Kier molecular flexibility index (Phi) is 1.99. The van der Waals surface area contributed by atoms with Gasteiger partial charge in [-0.15, -0.1) is 0 Å². The molecule has 0 aromatic carbocycles. The van der Waals surface area contributed by atoms with Crippen molar-refractivity contribution in [3.8, 4) is 0 Å². The minimum atomic E-state index is -0.0520. The van der Waals surface area contributed by atoms with Crippen LogP contribution in [-0.2, 0) is 0 Å². The van der Waals surface area contributed by atoms with Crippen molar-refractivity contribution in [2.45, 2.75) is 11.1 Å². The number of rotatable bonds is 0. The van der Waals surface area contributed by atoms with Gasteiger partial charge in [-0.3, -0.25) is 10.3 Å². The number of nitrogens with one attached hydrogen (secondary N) is 1. The van der Waals surface area contributed by atoms with Gasteiger partial charge in [0.05, 0.1) is 4.95 Å². The lowest BCUT2D eigenvalue weighted by molar-refractivity contribution is 0.597. The summed E-state index contributed by atoms with van der Waals surface area (Å²) in [5.74, 6) is 0. The van der Waals surface area contributed by atoms with Crippen LogP contribution >= 0.6 is 15.9 Å². The number of aliphatic imine (C=N–C) groups is 1. The molecule has 8 heavy (non-hydrogen) atoms. The van der Waals surface area contributed by atoms with Crippen molar-refractivity contribution in [1.29, 1.82) is 0 Å². The van der Waals surface area contributed by atoms with Crippen molar-refractivity contribution in [3.63, 3.8) is 0 Å². The molecule has 3 N–H and O–H groups in total. The van der Waals surface area contributed by atoms with Crippen LogP contribution in [0.5, 0.6) is 0 Å². The van der Waals surface area contributed by atoms with E-state index >= 15 is 0 Å². The van der Waals surface area contributed by atoms with Gasteiger partial charge in [0, 0.05) is 12.8 Å². The molecule has 0 radical (unpaired) electrons. The molecule has 0 spiro atoms. The van der Waals surface area contributed by atoms with E-state index in [2.05, 4.69) is 26.2 Å². The summed E-state index contributed by atoms with van der Waals surface area (Å²) in [4.78, 5) is 4.16. The maximum Gasteiger partial charge on any atom is 0.109 e. The molecule has 1 heterocycles. The van der Waals surface area contributed by atoms with E-state index in [0.29, 0.717) is 0 Å². The molecule has 2 unspecified atom stereocenters. The number of halogens is 1. The molecule has 1 aliphatic rings. The van der Waals surface area contributed by atoms with Gasteiger partial charge >= 0.3 is 0 Å². The second-order valence-corrected chi connectivity index (χ2v) is 2.66. The van der Waals surface area contributed by atoms with Gasteiger partial charge in [0.15, 0.2) is 0 Å². The maximum atomic E-state index is 5.42. The molecule has 0 saturated carbocycles. The fourth-order valence-electron chi connectivity index (χ4n) is 0.525. The van der Waals surface area contributed by atoms with Gasteiger partial charge in [0.25, 0.3) is 0 Å². The average Bonchev–Trinajstić information content (AvgIpc) is 1.77. The molecule has 2 atom stereocenters. The summed E-state index contributed by atoms with van der Waals surface area (Å²) in [7, 11) is 0. The second-order valence-electron chi connectivity index (χ2n) is 1.68. The maximum absolute atomic E-state index is 5.42. The summed E-state index contributed by atoms with van der Waals surface area (Å²) in [6.45, 7) is 0.756. The molecule has 1 aliphatic heterocycles. The predicted molar refractivity (Wildman–Crippen MR) is 37.2 cm³/mol. The molecule has 0 aliphatic carbocycles. The van der Waals surface area contributed by atoms with E-state index in [0.717, 1.165) is 6.54 Å². The number of nitrogens with zero attached hydrogens (tertiary/aromatic N) is 1. The molecule has 1 rings (SSSR count). The van der Waals surface area contributed by atoms with Gasteiger partial charge in [-0.2, -0.15) is 0 Å². The Hall–Kier alpha value is 0.0700. The quantitative estimate of drug-likeness (QED) is 0.394.